The van der Waals surface area contributed by atoms with Crippen LogP contribution in [0.15, 0.2) is 42.5 Å². The lowest BCUT2D eigenvalue weighted by atomic mass is 10.1. The van der Waals surface area contributed by atoms with Gasteiger partial charge in [-0.3, -0.25) is 4.79 Å². The number of nitrogens with one attached hydrogen (secondary N) is 3. The van der Waals surface area contributed by atoms with E-state index in [1.54, 1.807) is 4.90 Å². The molecule has 0 saturated carbocycles. The van der Waals surface area contributed by atoms with E-state index < -0.39 is 0 Å². The zero-order valence-corrected chi connectivity index (χ0v) is 16.2. The number of hydrogen-bond acceptors (Lipinski definition) is 1. The minimum Gasteiger partial charge on any atom is -0.322 e. The molecule has 4 nitrogen and oxygen atoms in total. The summed E-state index contributed by atoms with van der Waals surface area (Å²) in [6.07, 6.45) is 0. The SMILES string of the molecule is Cc1ccc(NC(=O)C[NH+]2CC[NH+](Cc3ccccc3C)CC2)c(C)c1. The number of carbonyl (C=O) groups excluding carboxylic acids is 1. The molecule has 0 aromatic heterocycles. The van der Waals surface area contributed by atoms with E-state index in [1.807, 2.05) is 19.1 Å². The average molecular weight is 354 g/mol. The van der Waals surface area contributed by atoms with Crippen molar-refractivity contribution in [3.63, 3.8) is 0 Å². The van der Waals surface area contributed by atoms with Crippen molar-refractivity contribution >= 4 is 11.6 Å². The summed E-state index contributed by atoms with van der Waals surface area (Å²) < 4.78 is 0. The number of hydrogen-bond donors (Lipinski definition) is 3. The Labute approximate surface area is 156 Å². The molecule has 1 fully saturated rings. The van der Waals surface area contributed by atoms with Crippen LogP contribution in [-0.2, 0) is 11.3 Å². The number of carbonyl (C=O) groups is 1. The van der Waals surface area contributed by atoms with Crippen LogP contribution < -0.4 is 15.1 Å². The van der Waals surface area contributed by atoms with Crippen molar-refractivity contribution in [3.8, 4) is 0 Å². The first-order valence-electron chi connectivity index (χ1n) is 9.60. The zero-order chi connectivity index (χ0) is 18.5. The lowest BCUT2D eigenvalue weighted by molar-refractivity contribution is -1.02. The van der Waals surface area contributed by atoms with Gasteiger partial charge >= 0.3 is 0 Å². The molecule has 0 aliphatic carbocycles. The van der Waals surface area contributed by atoms with Crippen molar-refractivity contribution in [2.45, 2.75) is 27.3 Å². The molecule has 0 unspecified atom stereocenters. The predicted octanol–water partition coefficient (Wildman–Crippen LogP) is 0.534. The summed E-state index contributed by atoms with van der Waals surface area (Å²) in [5.74, 6) is 0.120. The van der Waals surface area contributed by atoms with Crippen LogP contribution in [0.25, 0.3) is 0 Å². The van der Waals surface area contributed by atoms with Gasteiger partial charge in [-0.2, -0.15) is 0 Å². The van der Waals surface area contributed by atoms with Gasteiger partial charge in [-0.25, -0.2) is 0 Å². The van der Waals surface area contributed by atoms with Gasteiger partial charge in [0.25, 0.3) is 5.91 Å². The fraction of sp³-hybridized carbons (Fsp3) is 0.409. The standard InChI is InChI=1S/C22H29N3O/c1-17-8-9-21(19(3)14-17)23-22(26)16-25-12-10-24(11-13-25)15-20-7-5-4-6-18(20)2/h4-9,14H,10-13,15-16H2,1-3H3,(H,23,26)/p+2. The maximum atomic E-state index is 12.4. The Kier molecular flexibility index (Phi) is 6.07. The highest BCUT2D eigenvalue weighted by atomic mass is 16.2. The van der Waals surface area contributed by atoms with Crippen molar-refractivity contribution in [1.82, 2.24) is 0 Å². The Balaban J connectivity index is 1.46. The Hall–Kier alpha value is -2.17. The fourth-order valence-corrected chi connectivity index (χ4v) is 3.76. The van der Waals surface area contributed by atoms with E-state index in [0.29, 0.717) is 6.54 Å². The normalized spacial score (nSPS) is 20.0. The smallest absolute Gasteiger partial charge is 0.279 e. The Morgan fingerprint density at radius 1 is 0.923 bits per heavy atom. The van der Waals surface area contributed by atoms with Gasteiger partial charge < -0.3 is 15.1 Å². The molecule has 1 saturated heterocycles. The van der Waals surface area contributed by atoms with Crippen LogP contribution in [0.1, 0.15) is 22.3 Å². The molecule has 1 aliphatic rings. The predicted molar refractivity (Wildman–Crippen MR) is 106 cm³/mol. The van der Waals surface area contributed by atoms with Gasteiger partial charge in [0.1, 0.15) is 32.7 Å². The van der Waals surface area contributed by atoms with Gasteiger partial charge in [-0.15, -0.1) is 0 Å². The van der Waals surface area contributed by atoms with Crippen molar-refractivity contribution < 1.29 is 14.6 Å². The summed E-state index contributed by atoms with van der Waals surface area (Å²) in [5, 5.41) is 3.08. The quantitative estimate of drug-likeness (QED) is 0.721. The molecule has 138 valence electrons. The minimum atomic E-state index is 0.120. The van der Waals surface area contributed by atoms with Gasteiger partial charge in [0, 0.05) is 11.3 Å². The number of rotatable bonds is 5. The molecule has 1 heterocycles. The molecule has 0 atom stereocenters. The third kappa shape index (κ3) is 4.93. The van der Waals surface area contributed by atoms with Crippen LogP contribution in [0.5, 0.6) is 0 Å². The van der Waals surface area contributed by atoms with E-state index in [9.17, 15) is 4.79 Å². The van der Waals surface area contributed by atoms with Gasteiger partial charge in [-0.1, -0.05) is 42.0 Å². The number of piperazine rings is 1. The molecule has 0 radical (unpaired) electrons. The molecule has 26 heavy (non-hydrogen) atoms. The highest BCUT2D eigenvalue weighted by molar-refractivity contribution is 5.92. The fourth-order valence-electron chi connectivity index (χ4n) is 3.76. The first kappa shape index (κ1) is 18.6. The lowest BCUT2D eigenvalue weighted by Gasteiger charge is -2.29. The zero-order valence-electron chi connectivity index (χ0n) is 16.2. The maximum Gasteiger partial charge on any atom is 0.279 e. The summed E-state index contributed by atoms with van der Waals surface area (Å²) in [7, 11) is 0. The summed E-state index contributed by atoms with van der Waals surface area (Å²) in [5.41, 5.74) is 6.10. The lowest BCUT2D eigenvalue weighted by Crippen LogP contribution is -3.28. The minimum absolute atomic E-state index is 0.120. The highest BCUT2D eigenvalue weighted by Gasteiger charge is 2.25. The maximum absolute atomic E-state index is 12.4. The van der Waals surface area contributed by atoms with E-state index in [1.165, 1.54) is 21.6 Å². The topological polar surface area (TPSA) is 38.0 Å². The first-order chi connectivity index (χ1) is 12.5. The number of anilines is 1. The van der Waals surface area contributed by atoms with Crippen LogP contribution in [-0.4, -0.2) is 38.6 Å². The second-order valence-corrected chi connectivity index (χ2v) is 7.65. The van der Waals surface area contributed by atoms with Gasteiger partial charge in [0.2, 0.25) is 0 Å². The second-order valence-electron chi connectivity index (χ2n) is 7.65. The molecule has 4 heteroatoms. The Morgan fingerprint density at radius 3 is 2.31 bits per heavy atom. The summed E-state index contributed by atoms with van der Waals surface area (Å²) >= 11 is 0. The van der Waals surface area contributed by atoms with Gasteiger partial charge in [0.05, 0.1) is 0 Å². The number of quaternary nitrogens is 2. The van der Waals surface area contributed by atoms with Crippen molar-refractivity contribution in [1.29, 1.82) is 0 Å². The third-order valence-corrected chi connectivity index (χ3v) is 5.43. The third-order valence-electron chi connectivity index (χ3n) is 5.43. The van der Waals surface area contributed by atoms with E-state index in [4.69, 9.17) is 0 Å². The molecule has 3 rings (SSSR count). The van der Waals surface area contributed by atoms with Crippen molar-refractivity contribution in [2.24, 2.45) is 0 Å². The number of amides is 1. The van der Waals surface area contributed by atoms with Crippen molar-refractivity contribution in [3.05, 3.63) is 64.7 Å². The van der Waals surface area contributed by atoms with Crippen LogP contribution in [0, 0.1) is 20.8 Å². The first-order valence-corrected chi connectivity index (χ1v) is 9.60. The van der Waals surface area contributed by atoms with Crippen LogP contribution in [0.3, 0.4) is 0 Å². The van der Waals surface area contributed by atoms with Crippen LogP contribution in [0.4, 0.5) is 5.69 Å². The Bertz CT molecular complexity index is 764. The van der Waals surface area contributed by atoms with E-state index in [0.717, 1.165) is 44.0 Å². The van der Waals surface area contributed by atoms with E-state index in [2.05, 4.69) is 49.5 Å². The molecular formula is C22H31N3O+2. The summed E-state index contributed by atoms with van der Waals surface area (Å²) in [6, 6.07) is 14.8. The van der Waals surface area contributed by atoms with Crippen molar-refractivity contribution in [2.75, 3.05) is 38.0 Å². The van der Waals surface area contributed by atoms with E-state index >= 15 is 0 Å². The van der Waals surface area contributed by atoms with E-state index in [-0.39, 0.29) is 5.91 Å². The molecule has 2 aromatic carbocycles. The molecule has 2 aromatic rings. The Morgan fingerprint density at radius 2 is 1.62 bits per heavy atom. The molecule has 1 aliphatic heterocycles. The van der Waals surface area contributed by atoms with Gasteiger partial charge in [-0.05, 0) is 38.0 Å². The van der Waals surface area contributed by atoms with Crippen LogP contribution >= 0.6 is 0 Å². The van der Waals surface area contributed by atoms with Crippen LogP contribution in [0.2, 0.25) is 0 Å². The molecule has 0 spiro atoms. The molecular weight excluding hydrogens is 322 g/mol. The summed E-state index contributed by atoms with van der Waals surface area (Å²) in [4.78, 5) is 15.4. The highest BCUT2D eigenvalue weighted by Crippen LogP contribution is 2.15. The average Bonchev–Trinajstić information content (AvgIpc) is 2.61. The number of benzene rings is 2. The molecule has 3 N–H and O–H groups in total. The summed E-state index contributed by atoms with van der Waals surface area (Å²) in [6.45, 7) is 12.3. The molecule has 1 amide bonds. The van der Waals surface area contributed by atoms with Gasteiger partial charge in [0.15, 0.2) is 6.54 Å². The molecule has 0 bridgehead atoms. The largest absolute Gasteiger partial charge is 0.322 e. The second kappa shape index (κ2) is 8.47. The monoisotopic (exact) mass is 353 g/mol. The number of aryl methyl sites for hydroxylation is 3.